The van der Waals surface area contributed by atoms with E-state index in [9.17, 15) is 0 Å². The topological polar surface area (TPSA) is 51.4 Å². The van der Waals surface area contributed by atoms with E-state index in [-0.39, 0.29) is 0 Å². The van der Waals surface area contributed by atoms with Gasteiger partial charge in [-0.15, -0.1) is 0 Å². The molecule has 2 rings (SSSR count). The predicted molar refractivity (Wildman–Crippen MR) is 73.8 cm³/mol. The van der Waals surface area contributed by atoms with E-state index in [1.807, 2.05) is 37.4 Å². The summed E-state index contributed by atoms with van der Waals surface area (Å²) in [6.07, 6.45) is 1.80. The Morgan fingerprint density at radius 2 is 2.17 bits per heavy atom. The van der Waals surface area contributed by atoms with Gasteiger partial charge >= 0.3 is 0 Å². The molecule has 0 aliphatic rings. The van der Waals surface area contributed by atoms with Gasteiger partial charge in [0.2, 0.25) is 0 Å². The molecule has 0 spiro atoms. The summed E-state index contributed by atoms with van der Waals surface area (Å²) < 4.78 is 5.72. The fraction of sp³-hybridized carbons (Fsp3) is 0.357. The van der Waals surface area contributed by atoms with Crippen LogP contribution in [0.5, 0.6) is 5.75 Å². The molecule has 1 aromatic heterocycles. The van der Waals surface area contributed by atoms with Crippen LogP contribution >= 0.6 is 0 Å². The fourth-order valence-electron chi connectivity index (χ4n) is 1.80. The summed E-state index contributed by atoms with van der Waals surface area (Å²) in [7, 11) is 2.04. The first kappa shape index (κ1) is 12.8. The second kappa shape index (κ2) is 6.33. The summed E-state index contributed by atoms with van der Waals surface area (Å²) in [5, 5.41) is 1.10. The number of likely N-dealkylation sites (N-methyl/N-ethyl adjacent to an activating group) is 1. The van der Waals surface area contributed by atoms with Gasteiger partial charge in [0.05, 0.1) is 5.52 Å². The number of nitrogens with two attached hydrogens (primary N) is 1. The van der Waals surface area contributed by atoms with Gasteiger partial charge in [-0.2, -0.15) is 0 Å². The monoisotopic (exact) mass is 245 g/mol. The standard InChI is InChI=1S/C14H19N3O/c1-17(8-6-15)9-10-18-13-4-5-14-12(11-13)3-2-7-16-14/h2-5,7,11H,6,8-10,15H2,1H3. The zero-order chi connectivity index (χ0) is 12.8. The second-order valence-electron chi connectivity index (χ2n) is 4.30. The molecular formula is C14H19N3O. The Bertz CT molecular complexity index is 501. The minimum atomic E-state index is 0.669. The Balaban J connectivity index is 1.91. The van der Waals surface area contributed by atoms with E-state index in [0.29, 0.717) is 13.2 Å². The molecule has 0 saturated heterocycles. The first-order chi connectivity index (χ1) is 8.79. The van der Waals surface area contributed by atoms with Crippen LogP contribution in [0.15, 0.2) is 36.5 Å². The molecule has 0 atom stereocenters. The van der Waals surface area contributed by atoms with E-state index in [2.05, 4.69) is 9.88 Å². The maximum absolute atomic E-state index is 5.72. The molecule has 0 radical (unpaired) electrons. The fourth-order valence-corrected chi connectivity index (χ4v) is 1.80. The summed E-state index contributed by atoms with van der Waals surface area (Å²) in [6, 6.07) is 9.93. The van der Waals surface area contributed by atoms with E-state index in [1.165, 1.54) is 0 Å². The molecule has 0 aliphatic heterocycles. The van der Waals surface area contributed by atoms with Crippen molar-refractivity contribution in [3.8, 4) is 5.75 Å². The molecule has 2 aromatic rings. The summed E-state index contributed by atoms with van der Waals surface area (Å²) in [5.74, 6) is 0.886. The van der Waals surface area contributed by atoms with Crippen LogP contribution in [0.25, 0.3) is 10.9 Å². The second-order valence-corrected chi connectivity index (χ2v) is 4.30. The molecule has 2 N–H and O–H groups in total. The number of nitrogens with zero attached hydrogens (tertiary/aromatic N) is 2. The lowest BCUT2D eigenvalue weighted by molar-refractivity contribution is 0.241. The minimum absolute atomic E-state index is 0.669. The van der Waals surface area contributed by atoms with Crippen molar-refractivity contribution in [2.75, 3.05) is 33.3 Å². The van der Waals surface area contributed by atoms with Crippen LogP contribution in [0.2, 0.25) is 0 Å². The summed E-state index contributed by atoms with van der Waals surface area (Å²) in [6.45, 7) is 3.12. The van der Waals surface area contributed by atoms with Gasteiger partial charge in [-0.1, -0.05) is 6.07 Å². The molecule has 0 saturated carbocycles. The molecule has 4 nitrogen and oxygen atoms in total. The van der Waals surface area contributed by atoms with Crippen molar-refractivity contribution in [3.63, 3.8) is 0 Å². The van der Waals surface area contributed by atoms with Gasteiger partial charge in [0, 0.05) is 31.2 Å². The lowest BCUT2D eigenvalue weighted by atomic mass is 10.2. The first-order valence-electron chi connectivity index (χ1n) is 6.16. The van der Waals surface area contributed by atoms with Crippen molar-refractivity contribution in [2.45, 2.75) is 0 Å². The van der Waals surface area contributed by atoms with E-state index in [1.54, 1.807) is 6.20 Å². The van der Waals surface area contributed by atoms with Crippen molar-refractivity contribution >= 4 is 10.9 Å². The van der Waals surface area contributed by atoms with Crippen LogP contribution in [0.3, 0.4) is 0 Å². The van der Waals surface area contributed by atoms with Crippen molar-refractivity contribution in [2.24, 2.45) is 5.73 Å². The zero-order valence-corrected chi connectivity index (χ0v) is 10.7. The maximum atomic E-state index is 5.72. The quantitative estimate of drug-likeness (QED) is 0.838. The number of hydrogen-bond donors (Lipinski definition) is 1. The highest BCUT2D eigenvalue weighted by molar-refractivity contribution is 5.79. The lowest BCUT2D eigenvalue weighted by Crippen LogP contribution is -2.29. The smallest absolute Gasteiger partial charge is 0.120 e. The van der Waals surface area contributed by atoms with E-state index < -0.39 is 0 Å². The Kier molecular flexibility index (Phi) is 4.50. The molecule has 1 heterocycles. The Morgan fingerprint density at radius 3 is 3.00 bits per heavy atom. The van der Waals surface area contributed by atoms with Crippen LogP contribution in [0, 0.1) is 0 Å². The lowest BCUT2D eigenvalue weighted by Gasteiger charge is -2.15. The van der Waals surface area contributed by atoms with E-state index in [0.717, 1.165) is 29.7 Å². The van der Waals surface area contributed by atoms with Crippen molar-refractivity contribution in [3.05, 3.63) is 36.5 Å². The predicted octanol–water partition coefficient (Wildman–Crippen LogP) is 1.50. The number of aromatic nitrogens is 1. The number of fused-ring (bicyclic) bond motifs is 1. The summed E-state index contributed by atoms with van der Waals surface area (Å²) in [5.41, 5.74) is 6.48. The normalized spacial score (nSPS) is 11.1. The summed E-state index contributed by atoms with van der Waals surface area (Å²) in [4.78, 5) is 6.43. The van der Waals surface area contributed by atoms with Crippen LogP contribution in [-0.4, -0.2) is 43.2 Å². The average Bonchev–Trinajstić information content (AvgIpc) is 2.39. The molecule has 1 aromatic carbocycles. The van der Waals surface area contributed by atoms with Crippen LogP contribution in [0.4, 0.5) is 0 Å². The van der Waals surface area contributed by atoms with Gasteiger partial charge in [0.15, 0.2) is 0 Å². The number of rotatable bonds is 6. The average molecular weight is 245 g/mol. The van der Waals surface area contributed by atoms with E-state index >= 15 is 0 Å². The Morgan fingerprint density at radius 1 is 1.28 bits per heavy atom. The minimum Gasteiger partial charge on any atom is -0.492 e. The SMILES string of the molecule is CN(CCN)CCOc1ccc2ncccc2c1. The zero-order valence-electron chi connectivity index (χ0n) is 10.7. The number of benzene rings is 1. The number of pyridine rings is 1. The molecular weight excluding hydrogens is 226 g/mol. The number of hydrogen-bond acceptors (Lipinski definition) is 4. The highest BCUT2D eigenvalue weighted by Crippen LogP contribution is 2.18. The third-order valence-corrected chi connectivity index (χ3v) is 2.83. The molecule has 4 heteroatoms. The van der Waals surface area contributed by atoms with Gasteiger partial charge < -0.3 is 15.4 Å². The van der Waals surface area contributed by atoms with Crippen LogP contribution in [-0.2, 0) is 0 Å². The molecule has 0 amide bonds. The molecule has 18 heavy (non-hydrogen) atoms. The maximum Gasteiger partial charge on any atom is 0.120 e. The highest BCUT2D eigenvalue weighted by atomic mass is 16.5. The van der Waals surface area contributed by atoms with Gasteiger partial charge in [-0.3, -0.25) is 4.98 Å². The largest absolute Gasteiger partial charge is 0.492 e. The molecule has 0 unspecified atom stereocenters. The Labute approximate surface area is 107 Å². The van der Waals surface area contributed by atoms with Gasteiger partial charge in [-0.05, 0) is 31.3 Å². The highest BCUT2D eigenvalue weighted by Gasteiger charge is 2.00. The van der Waals surface area contributed by atoms with Crippen molar-refractivity contribution < 1.29 is 4.74 Å². The number of ether oxygens (including phenoxy) is 1. The Hall–Kier alpha value is -1.65. The van der Waals surface area contributed by atoms with Crippen LogP contribution < -0.4 is 10.5 Å². The molecule has 0 aliphatic carbocycles. The summed E-state index contributed by atoms with van der Waals surface area (Å²) >= 11 is 0. The third-order valence-electron chi connectivity index (χ3n) is 2.83. The molecule has 96 valence electrons. The molecule has 0 fully saturated rings. The van der Waals surface area contributed by atoms with Gasteiger partial charge in [-0.25, -0.2) is 0 Å². The van der Waals surface area contributed by atoms with Gasteiger partial charge in [0.25, 0.3) is 0 Å². The van der Waals surface area contributed by atoms with Crippen molar-refractivity contribution in [1.82, 2.24) is 9.88 Å². The van der Waals surface area contributed by atoms with E-state index in [4.69, 9.17) is 10.5 Å². The third kappa shape index (κ3) is 3.42. The van der Waals surface area contributed by atoms with Gasteiger partial charge in [0.1, 0.15) is 12.4 Å². The van der Waals surface area contributed by atoms with Crippen molar-refractivity contribution in [1.29, 1.82) is 0 Å². The molecule has 0 bridgehead atoms. The first-order valence-corrected chi connectivity index (χ1v) is 6.16. The van der Waals surface area contributed by atoms with Crippen LogP contribution in [0.1, 0.15) is 0 Å².